The molecule has 1 fully saturated rings. The molecule has 1 saturated heterocycles. The van der Waals surface area contributed by atoms with E-state index >= 15 is 0 Å². The second-order valence-corrected chi connectivity index (χ2v) is 10.5. The standard InChI is InChI=1S/C25H32F2N2O3S/c1-25(2,3)32-24(30)29-15-22(33-16-17-5-8-21(31-4)9-6-17)12-20(29)14-28-13-18-11-19(26)7-10-23(18)27/h5-11,20,22,28H,12-16H2,1-4H3/t20-,22+/m0/s1. The molecule has 0 aliphatic carbocycles. The second kappa shape index (κ2) is 11.2. The lowest BCUT2D eigenvalue weighted by atomic mass is 10.2. The number of nitrogens with zero attached hydrogens (tertiary/aromatic N) is 1. The minimum atomic E-state index is -0.589. The quantitative estimate of drug-likeness (QED) is 0.553. The molecule has 1 aliphatic rings. The summed E-state index contributed by atoms with van der Waals surface area (Å²) in [6.07, 6.45) is 0.442. The fourth-order valence-corrected chi connectivity index (χ4v) is 4.97. The van der Waals surface area contributed by atoms with Gasteiger partial charge in [-0.3, -0.25) is 0 Å². The first kappa shape index (κ1) is 25.3. The summed E-state index contributed by atoms with van der Waals surface area (Å²) in [4.78, 5) is 14.6. The zero-order valence-electron chi connectivity index (χ0n) is 19.6. The first-order valence-electron chi connectivity index (χ1n) is 11.0. The topological polar surface area (TPSA) is 50.8 Å². The van der Waals surface area contributed by atoms with E-state index in [0.717, 1.165) is 30.1 Å². The van der Waals surface area contributed by atoms with Gasteiger partial charge in [-0.15, -0.1) is 0 Å². The van der Waals surface area contributed by atoms with Crippen LogP contribution in [-0.4, -0.2) is 48.1 Å². The highest BCUT2D eigenvalue weighted by Crippen LogP contribution is 2.31. The Balaban J connectivity index is 1.60. The van der Waals surface area contributed by atoms with Gasteiger partial charge in [-0.05, 0) is 63.1 Å². The number of thioether (sulfide) groups is 1. The van der Waals surface area contributed by atoms with Crippen molar-refractivity contribution in [3.8, 4) is 5.75 Å². The summed E-state index contributed by atoms with van der Waals surface area (Å²) in [5.41, 5.74) is 0.865. The Labute approximate surface area is 198 Å². The zero-order chi connectivity index (χ0) is 24.0. The minimum absolute atomic E-state index is 0.0927. The van der Waals surface area contributed by atoms with Crippen molar-refractivity contribution < 1.29 is 23.0 Å². The maximum atomic E-state index is 13.9. The Hall–Kier alpha value is -2.32. The van der Waals surface area contributed by atoms with E-state index < -0.39 is 17.2 Å². The Morgan fingerprint density at radius 2 is 1.91 bits per heavy atom. The number of carbonyl (C=O) groups excluding carboxylic acids is 1. The fourth-order valence-electron chi connectivity index (χ4n) is 3.72. The molecule has 0 aromatic heterocycles. The number of rotatable bonds is 8. The molecule has 2 aromatic carbocycles. The van der Waals surface area contributed by atoms with Crippen molar-refractivity contribution in [1.82, 2.24) is 10.2 Å². The molecule has 3 rings (SSSR count). The van der Waals surface area contributed by atoms with Gasteiger partial charge in [0.15, 0.2) is 0 Å². The molecular weight excluding hydrogens is 446 g/mol. The van der Waals surface area contributed by atoms with Gasteiger partial charge in [0, 0.05) is 42.2 Å². The Bertz CT molecular complexity index is 934. The number of carbonyl (C=O) groups is 1. The van der Waals surface area contributed by atoms with Crippen LogP contribution in [0.2, 0.25) is 0 Å². The monoisotopic (exact) mass is 478 g/mol. The van der Waals surface area contributed by atoms with E-state index in [1.165, 1.54) is 11.6 Å². The molecule has 1 heterocycles. The molecule has 180 valence electrons. The van der Waals surface area contributed by atoms with Crippen molar-refractivity contribution in [2.75, 3.05) is 20.2 Å². The van der Waals surface area contributed by atoms with Gasteiger partial charge in [-0.1, -0.05) is 12.1 Å². The van der Waals surface area contributed by atoms with Crippen LogP contribution in [0.15, 0.2) is 42.5 Å². The van der Waals surface area contributed by atoms with Crippen molar-refractivity contribution in [2.45, 2.75) is 56.4 Å². The maximum Gasteiger partial charge on any atom is 0.410 e. The number of amides is 1. The van der Waals surface area contributed by atoms with Gasteiger partial charge < -0.3 is 19.7 Å². The molecule has 2 atom stereocenters. The zero-order valence-corrected chi connectivity index (χ0v) is 20.4. The molecule has 1 amide bonds. The van der Waals surface area contributed by atoms with Gasteiger partial charge in [0.25, 0.3) is 0 Å². The SMILES string of the molecule is COc1ccc(CS[C@@H]2C[C@@H](CNCc3cc(F)ccc3F)N(C(=O)OC(C)(C)C)C2)cc1. The highest BCUT2D eigenvalue weighted by atomic mass is 32.2. The van der Waals surface area contributed by atoms with Crippen LogP contribution in [0.3, 0.4) is 0 Å². The fraction of sp³-hybridized carbons (Fsp3) is 0.480. The highest BCUT2D eigenvalue weighted by Gasteiger charge is 2.37. The number of halogens is 2. The number of hydrogen-bond acceptors (Lipinski definition) is 5. The molecule has 5 nitrogen and oxygen atoms in total. The number of methoxy groups -OCH3 is 1. The average Bonchev–Trinajstić information content (AvgIpc) is 3.17. The van der Waals surface area contributed by atoms with E-state index in [-0.39, 0.29) is 29.5 Å². The third-order valence-electron chi connectivity index (χ3n) is 5.35. The first-order valence-corrected chi connectivity index (χ1v) is 12.1. The van der Waals surface area contributed by atoms with Crippen LogP contribution in [0.1, 0.15) is 38.3 Å². The molecule has 1 N–H and O–H groups in total. The number of nitrogens with one attached hydrogen (secondary N) is 1. The third kappa shape index (κ3) is 7.61. The third-order valence-corrected chi connectivity index (χ3v) is 6.66. The Morgan fingerprint density at radius 1 is 1.18 bits per heavy atom. The van der Waals surface area contributed by atoms with Crippen molar-refractivity contribution in [1.29, 1.82) is 0 Å². The molecule has 0 spiro atoms. The molecule has 0 radical (unpaired) electrons. The molecule has 33 heavy (non-hydrogen) atoms. The van der Waals surface area contributed by atoms with Gasteiger partial charge in [-0.2, -0.15) is 11.8 Å². The molecule has 8 heteroatoms. The molecular formula is C25H32F2N2O3S. The van der Waals surface area contributed by atoms with Crippen molar-refractivity contribution in [3.63, 3.8) is 0 Å². The summed E-state index contributed by atoms with van der Waals surface area (Å²) in [6.45, 7) is 6.77. The number of ether oxygens (including phenoxy) is 2. The molecule has 0 bridgehead atoms. The summed E-state index contributed by atoms with van der Waals surface area (Å²) in [7, 11) is 1.64. The molecule has 0 saturated carbocycles. The first-order chi connectivity index (χ1) is 15.6. The minimum Gasteiger partial charge on any atom is -0.497 e. The van der Waals surface area contributed by atoms with E-state index in [4.69, 9.17) is 9.47 Å². The number of likely N-dealkylation sites (tertiary alicyclic amines) is 1. The largest absolute Gasteiger partial charge is 0.497 e. The normalized spacial score (nSPS) is 18.4. The van der Waals surface area contributed by atoms with Gasteiger partial charge in [-0.25, -0.2) is 13.6 Å². The average molecular weight is 479 g/mol. The van der Waals surface area contributed by atoms with Gasteiger partial charge in [0.05, 0.1) is 7.11 Å². The summed E-state index contributed by atoms with van der Waals surface area (Å²) in [5, 5.41) is 3.43. The van der Waals surface area contributed by atoms with E-state index in [2.05, 4.69) is 5.32 Å². The second-order valence-electron chi connectivity index (χ2n) is 9.17. The molecule has 0 unspecified atom stereocenters. The van der Waals surface area contributed by atoms with Crippen LogP contribution in [-0.2, 0) is 17.0 Å². The van der Waals surface area contributed by atoms with Crippen LogP contribution in [0.25, 0.3) is 0 Å². The smallest absolute Gasteiger partial charge is 0.410 e. The van der Waals surface area contributed by atoms with E-state index in [9.17, 15) is 13.6 Å². The Morgan fingerprint density at radius 3 is 2.58 bits per heavy atom. The van der Waals surface area contributed by atoms with E-state index in [1.54, 1.807) is 23.8 Å². The summed E-state index contributed by atoms with van der Waals surface area (Å²) < 4.78 is 38.2. The Kier molecular flexibility index (Phi) is 8.59. The lowest BCUT2D eigenvalue weighted by Gasteiger charge is -2.28. The van der Waals surface area contributed by atoms with E-state index in [1.807, 2.05) is 45.0 Å². The summed E-state index contributed by atoms with van der Waals surface area (Å²) in [5.74, 6) is 0.721. The van der Waals surface area contributed by atoms with Gasteiger partial charge in [0.1, 0.15) is 23.0 Å². The van der Waals surface area contributed by atoms with Crippen LogP contribution < -0.4 is 10.1 Å². The van der Waals surface area contributed by atoms with Gasteiger partial charge in [0.2, 0.25) is 0 Å². The van der Waals surface area contributed by atoms with Gasteiger partial charge >= 0.3 is 6.09 Å². The molecule has 1 aliphatic heterocycles. The van der Waals surface area contributed by atoms with Crippen LogP contribution in [0.5, 0.6) is 5.75 Å². The van der Waals surface area contributed by atoms with Crippen molar-refractivity contribution in [2.24, 2.45) is 0 Å². The van der Waals surface area contributed by atoms with Crippen molar-refractivity contribution in [3.05, 3.63) is 65.2 Å². The number of hydrogen-bond donors (Lipinski definition) is 1. The number of benzene rings is 2. The highest BCUT2D eigenvalue weighted by molar-refractivity contribution is 7.99. The predicted octanol–water partition coefficient (Wildman–Crippen LogP) is 5.37. The maximum absolute atomic E-state index is 13.9. The van der Waals surface area contributed by atoms with Crippen LogP contribution in [0.4, 0.5) is 13.6 Å². The molecule has 2 aromatic rings. The lowest BCUT2D eigenvalue weighted by molar-refractivity contribution is 0.0227. The summed E-state index contributed by atoms with van der Waals surface area (Å²) in [6, 6.07) is 11.3. The summed E-state index contributed by atoms with van der Waals surface area (Å²) >= 11 is 1.80. The van der Waals surface area contributed by atoms with Crippen LogP contribution in [0, 0.1) is 11.6 Å². The van der Waals surface area contributed by atoms with E-state index in [0.29, 0.717) is 13.1 Å². The lowest BCUT2D eigenvalue weighted by Crippen LogP contribution is -2.44. The predicted molar refractivity (Wildman–Crippen MR) is 127 cm³/mol. The van der Waals surface area contributed by atoms with Crippen LogP contribution >= 0.6 is 11.8 Å². The van der Waals surface area contributed by atoms with Crippen molar-refractivity contribution >= 4 is 17.9 Å².